The lowest BCUT2D eigenvalue weighted by molar-refractivity contribution is -0.0560. The van der Waals surface area contributed by atoms with Crippen molar-refractivity contribution in [2.45, 2.75) is 52.7 Å². The van der Waals surface area contributed by atoms with Crippen LogP contribution in [0.3, 0.4) is 0 Å². The van der Waals surface area contributed by atoms with Crippen LogP contribution in [0, 0.1) is 16.7 Å². The standard InChI is InChI=1S/C15H24N4O/c1-14(2)10-4-5-15(14,3)12(6-10)20-9-11-7-18-13(19-16)8-17-11/h7-8,10,12H,4-6,9,16H2,1-3H3,(H,18,19). The quantitative estimate of drug-likeness (QED) is 0.653. The molecule has 110 valence electrons. The van der Waals surface area contributed by atoms with Crippen molar-refractivity contribution in [3.05, 3.63) is 18.1 Å². The molecule has 2 fully saturated rings. The third-order valence-electron chi connectivity index (χ3n) is 6.00. The van der Waals surface area contributed by atoms with E-state index in [-0.39, 0.29) is 0 Å². The highest BCUT2D eigenvalue weighted by Crippen LogP contribution is 2.66. The monoisotopic (exact) mass is 276 g/mol. The van der Waals surface area contributed by atoms with Gasteiger partial charge >= 0.3 is 0 Å². The molecular formula is C15H24N4O. The summed E-state index contributed by atoms with van der Waals surface area (Å²) in [7, 11) is 0. The summed E-state index contributed by atoms with van der Waals surface area (Å²) in [6.07, 6.45) is 7.49. The molecule has 1 heterocycles. The van der Waals surface area contributed by atoms with Crippen LogP contribution in [-0.2, 0) is 11.3 Å². The molecule has 3 N–H and O–H groups in total. The Labute approximate surface area is 120 Å². The molecule has 1 aromatic rings. The van der Waals surface area contributed by atoms with Gasteiger partial charge in [0.25, 0.3) is 0 Å². The first-order valence-electron chi connectivity index (χ1n) is 7.36. The van der Waals surface area contributed by atoms with E-state index in [4.69, 9.17) is 10.6 Å². The molecule has 3 atom stereocenters. The van der Waals surface area contributed by atoms with E-state index in [0.717, 1.165) is 11.6 Å². The number of hydrogen-bond acceptors (Lipinski definition) is 5. The molecule has 0 spiro atoms. The minimum Gasteiger partial charge on any atom is -0.371 e. The Kier molecular flexibility index (Phi) is 3.21. The number of anilines is 1. The lowest BCUT2D eigenvalue weighted by Crippen LogP contribution is -2.37. The average molecular weight is 276 g/mol. The highest BCUT2D eigenvalue weighted by Gasteiger charge is 2.61. The minimum atomic E-state index is 0.295. The number of rotatable bonds is 4. The molecule has 5 nitrogen and oxygen atoms in total. The van der Waals surface area contributed by atoms with Gasteiger partial charge in [0.1, 0.15) is 0 Å². The first kappa shape index (κ1) is 13.8. The van der Waals surface area contributed by atoms with Crippen LogP contribution < -0.4 is 11.3 Å². The third-order valence-corrected chi connectivity index (χ3v) is 6.00. The summed E-state index contributed by atoms with van der Waals surface area (Å²) < 4.78 is 6.18. The summed E-state index contributed by atoms with van der Waals surface area (Å²) in [4.78, 5) is 8.46. The Morgan fingerprint density at radius 2 is 2.15 bits per heavy atom. The highest BCUT2D eigenvalue weighted by molar-refractivity contribution is 5.28. The van der Waals surface area contributed by atoms with E-state index < -0.39 is 0 Å². The van der Waals surface area contributed by atoms with Gasteiger partial charge in [0, 0.05) is 0 Å². The topological polar surface area (TPSA) is 73.1 Å². The first-order valence-corrected chi connectivity index (χ1v) is 7.36. The van der Waals surface area contributed by atoms with Gasteiger partial charge in [-0.05, 0) is 36.0 Å². The second-order valence-corrected chi connectivity index (χ2v) is 6.95. The van der Waals surface area contributed by atoms with Crippen molar-refractivity contribution in [1.82, 2.24) is 9.97 Å². The number of hydrazine groups is 1. The summed E-state index contributed by atoms with van der Waals surface area (Å²) in [5.74, 6) is 6.65. The smallest absolute Gasteiger partial charge is 0.158 e. The predicted octanol–water partition coefficient (Wildman–Crippen LogP) is 2.49. The summed E-state index contributed by atoms with van der Waals surface area (Å²) in [6.45, 7) is 7.71. The molecule has 1 aromatic heterocycles. The Bertz CT molecular complexity index is 487. The Morgan fingerprint density at radius 1 is 1.35 bits per heavy atom. The lowest BCUT2D eigenvalue weighted by atomic mass is 9.70. The molecule has 0 radical (unpaired) electrons. The van der Waals surface area contributed by atoms with Crippen LogP contribution in [0.25, 0.3) is 0 Å². The number of ether oxygens (including phenoxy) is 1. The van der Waals surface area contributed by atoms with Crippen LogP contribution in [0.5, 0.6) is 0 Å². The normalized spacial score (nSPS) is 34.4. The molecule has 3 rings (SSSR count). The molecule has 3 unspecified atom stereocenters. The maximum absolute atomic E-state index is 6.18. The number of nitrogen functional groups attached to an aromatic ring is 1. The number of aromatic nitrogens is 2. The van der Waals surface area contributed by atoms with Crippen LogP contribution in [0.1, 0.15) is 45.7 Å². The minimum absolute atomic E-state index is 0.295. The predicted molar refractivity (Wildman–Crippen MR) is 77.6 cm³/mol. The van der Waals surface area contributed by atoms with Crippen LogP contribution in [0.2, 0.25) is 0 Å². The summed E-state index contributed by atoms with van der Waals surface area (Å²) in [6, 6.07) is 0. The Balaban J connectivity index is 1.65. The van der Waals surface area contributed by atoms with Crippen molar-refractivity contribution < 1.29 is 4.74 Å². The van der Waals surface area contributed by atoms with E-state index in [9.17, 15) is 0 Å². The van der Waals surface area contributed by atoms with E-state index in [0.29, 0.717) is 29.4 Å². The molecule has 2 aliphatic carbocycles. The van der Waals surface area contributed by atoms with Gasteiger partial charge in [-0.1, -0.05) is 20.8 Å². The van der Waals surface area contributed by atoms with Crippen molar-refractivity contribution in [1.29, 1.82) is 0 Å². The number of nitrogens with one attached hydrogen (secondary N) is 1. The van der Waals surface area contributed by atoms with Gasteiger partial charge in [-0.15, -0.1) is 0 Å². The zero-order chi connectivity index (χ0) is 14.4. The maximum atomic E-state index is 6.18. The second kappa shape index (κ2) is 4.67. The zero-order valence-corrected chi connectivity index (χ0v) is 12.5. The second-order valence-electron chi connectivity index (χ2n) is 6.95. The van der Waals surface area contributed by atoms with Crippen LogP contribution >= 0.6 is 0 Å². The fourth-order valence-electron chi connectivity index (χ4n) is 4.07. The zero-order valence-electron chi connectivity index (χ0n) is 12.5. The van der Waals surface area contributed by atoms with Gasteiger partial charge in [-0.2, -0.15) is 0 Å². The van der Waals surface area contributed by atoms with E-state index in [1.165, 1.54) is 19.3 Å². The SMILES string of the molecule is CC1(C)C2CCC1(C)C(OCc1cnc(NN)cn1)C2. The molecule has 0 saturated heterocycles. The van der Waals surface area contributed by atoms with Crippen molar-refractivity contribution >= 4 is 5.82 Å². The molecule has 2 bridgehead atoms. The van der Waals surface area contributed by atoms with Crippen LogP contribution in [0.4, 0.5) is 5.82 Å². The van der Waals surface area contributed by atoms with Gasteiger partial charge < -0.3 is 10.2 Å². The summed E-state index contributed by atoms with van der Waals surface area (Å²) in [5.41, 5.74) is 4.01. The van der Waals surface area contributed by atoms with E-state index in [2.05, 4.69) is 36.2 Å². The molecule has 0 aliphatic heterocycles. The molecule has 2 aliphatic rings. The Morgan fingerprint density at radius 3 is 2.65 bits per heavy atom. The fourth-order valence-corrected chi connectivity index (χ4v) is 4.07. The molecule has 5 heteroatoms. The maximum Gasteiger partial charge on any atom is 0.158 e. The first-order chi connectivity index (χ1) is 9.47. The van der Waals surface area contributed by atoms with Gasteiger partial charge in [0.15, 0.2) is 5.82 Å². The van der Waals surface area contributed by atoms with Crippen LogP contribution in [-0.4, -0.2) is 16.1 Å². The van der Waals surface area contributed by atoms with E-state index in [1.807, 2.05) is 0 Å². The van der Waals surface area contributed by atoms with Crippen molar-refractivity contribution in [3.63, 3.8) is 0 Å². The largest absolute Gasteiger partial charge is 0.371 e. The number of fused-ring (bicyclic) bond motifs is 2. The molecule has 2 saturated carbocycles. The Hall–Kier alpha value is -1.20. The van der Waals surface area contributed by atoms with Crippen LogP contribution in [0.15, 0.2) is 12.4 Å². The van der Waals surface area contributed by atoms with Gasteiger partial charge in [0.2, 0.25) is 0 Å². The van der Waals surface area contributed by atoms with Crippen molar-refractivity contribution in [3.8, 4) is 0 Å². The van der Waals surface area contributed by atoms with E-state index in [1.54, 1.807) is 12.4 Å². The lowest BCUT2D eigenvalue weighted by Gasteiger charge is -2.38. The molecular weight excluding hydrogens is 252 g/mol. The number of nitrogens with two attached hydrogens (primary N) is 1. The molecule has 0 aromatic carbocycles. The third kappa shape index (κ3) is 1.91. The summed E-state index contributed by atoms with van der Waals surface area (Å²) in [5, 5.41) is 0. The van der Waals surface area contributed by atoms with Gasteiger partial charge in [-0.25, -0.2) is 10.8 Å². The fraction of sp³-hybridized carbons (Fsp3) is 0.733. The summed E-state index contributed by atoms with van der Waals surface area (Å²) >= 11 is 0. The van der Waals surface area contributed by atoms with Crippen molar-refractivity contribution in [2.24, 2.45) is 22.6 Å². The molecule has 0 amide bonds. The average Bonchev–Trinajstić information content (AvgIpc) is 2.78. The van der Waals surface area contributed by atoms with Gasteiger partial charge in [-0.3, -0.25) is 4.98 Å². The molecule has 20 heavy (non-hydrogen) atoms. The number of hydrogen-bond donors (Lipinski definition) is 2. The van der Waals surface area contributed by atoms with Gasteiger partial charge in [0.05, 0.1) is 30.8 Å². The van der Waals surface area contributed by atoms with E-state index >= 15 is 0 Å². The number of nitrogens with zero attached hydrogens (tertiary/aromatic N) is 2. The van der Waals surface area contributed by atoms with Crippen molar-refractivity contribution in [2.75, 3.05) is 5.43 Å². The highest BCUT2D eigenvalue weighted by atomic mass is 16.5.